The van der Waals surface area contributed by atoms with Crippen LogP contribution in [0.5, 0.6) is 11.5 Å². The summed E-state index contributed by atoms with van der Waals surface area (Å²) in [5.41, 5.74) is 8.38. The van der Waals surface area contributed by atoms with E-state index in [0.29, 0.717) is 18.9 Å². The Balaban J connectivity index is 0.00000147. The molecule has 0 spiro atoms. The molecule has 0 aromatic heterocycles. The number of fused-ring (bicyclic) bond motifs is 1. The van der Waals surface area contributed by atoms with Gasteiger partial charge in [-0.15, -0.1) is 12.4 Å². The molecule has 3 N–H and O–H groups in total. The molecule has 0 fully saturated rings. The van der Waals surface area contributed by atoms with E-state index in [1.165, 1.54) is 0 Å². The number of nitrogens with two attached hydrogens (primary N) is 1. The zero-order chi connectivity index (χ0) is 13.2. The molecule has 1 aliphatic heterocycles. The molecule has 0 aliphatic carbocycles. The van der Waals surface area contributed by atoms with Gasteiger partial charge in [0.1, 0.15) is 11.5 Å². The van der Waals surface area contributed by atoms with Gasteiger partial charge in [0.2, 0.25) is 0 Å². The highest BCUT2D eigenvalue weighted by molar-refractivity contribution is 6.61. The molecule has 1 heterocycles. The maximum absolute atomic E-state index is 9.66. The lowest BCUT2D eigenvalue weighted by Crippen LogP contribution is -2.27. The fourth-order valence-corrected chi connectivity index (χ4v) is 2.13. The van der Waals surface area contributed by atoms with Crippen molar-refractivity contribution in [3.8, 4) is 11.5 Å². The molecule has 6 heteroatoms. The van der Waals surface area contributed by atoms with Crippen molar-refractivity contribution < 1.29 is 14.4 Å². The van der Waals surface area contributed by atoms with Crippen molar-refractivity contribution in [2.45, 2.75) is 13.2 Å². The Kier molecular flexibility index (Phi) is 4.67. The van der Waals surface area contributed by atoms with Crippen molar-refractivity contribution >= 4 is 25.0 Å². The molecule has 2 aromatic carbocycles. The average Bonchev–Trinajstić information content (AvgIpc) is 2.80. The number of rotatable bonds is 3. The van der Waals surface area contributed by atoms with Crippen LogP contribution in [0.4, 0.5) is 0 Å². The van der Waals surface area contributed by atoms with Crippen LogP contribution in [0.15, 0.2) is 42.5 Å². The first kappa shape index (κ1) is 14.9. The monoisotopic (exact) mass is 291 g/mol. The number of halogens is 1. The summed E-state index contributed by atoms with van der Waals surface area (Å²) in [6, 6.07) is 13.2. The van der Waals surface area contributed by atoms with Gasteiger partial charge in [-0.1, -0.05) is 18.2 Å². The zero-order valence-corrected chi connectivity index (χ0v) is 11.6. The summed E-state index contributed by atoms with van der Waals surface area (Å²) in [6.45, 7) is 0.924. The van der Waals surface area contributed by atoms with Crippen molar-refractivity contribution in [3.63, 3.8) is 0 Å². The third-order valence-electron chi connectivity index (χ3n) is 3.15. The first-order chi connectivity index (χ1) is 9.26. The molecule has 20 heavy (non-hydrogen) atoms. The van der Waals surface area contributed by atoms with Gasteiger partial charge >= 0.3 is 7.12 Å². The minimum Gasteiger partial charge on any atom is -0.457 e. The number of benzene rings is 2. The van der Waals surface area contributed by atoms with E-state index in [0.717, 1.165) is 22.3 Å². The fourth-order valence-electron chi connectivity index (χ4n) is 2.13. The molecular weight excluding hydrogens is 276 g/mol. The van der Waals surface area contributed by atoms with E-state index in [1.54, 1.807) is 0 Å². The number of hydrogen-bond acceptors (Lipinski definition) is 4. The predicted molar refractivity (Wildman–Crippen MR) is 80.5 cm³/mol. The molecule has 0 atom stereocenters. The third kappa shape index (κ3) is 2.97. The van der Waals surface area contributed by atoms with Crippen LogP contribution in [-0.2, 0) is 17.8 Å². The molecule has 0 amide bonds. The molecule has 1 aliphatic rings. The van der Waals surface area contributed by atoms with Gasteiger partial charge in [0.15, 0.2) is 0 Å². The van der Waals surface area contributed by atoms with Gasteiger partial charge in [0.05, 0.1) is 6.61 Å². The highest BCUT2D eigenvalue weighted by atomic mass is 35.5. The summed E-state index contributed by atoms with van der Waals surface area (Å²) < 4.78 is 10.9. The third-order valence-corrected chi connectivity index (χ3v) is 3.15. The molecule has 104 valence electrons. The summed E-state index contributed by atoms with van der Waals surface area (Å²) in [5.74, 6) is 1.41. The Hall–Kier alpha value is -1.53. The van der Waals surface area contributed by atoms with E-state index in [1.807, 2.05) is 42.5 Å². The molecular formula is C14H15BClNO3. The summed E-state index contributed by atoms with van der Waals surface area (Å²) >= 11 is 0. The van der Waals surface area contributed by atoms with Crippen LogP contribution >= 0.6 is 12.4 Å². The SMILES string of the molecule is Cl.NCc1cccc(Oc2ccc3c(c2)B(O)OC3)c1. The summed E-state index contributed by atoms with van der Waals surface area (Å²) in [4.78, 5) is 0. The van der Waals surface area contributed by atoms with Gasteiger partial charge in [-0.3, -0.25) is 0 Å². The lowest BCUT2D eigenvalue weighted by Gasteiger charge is -2.08. The molecule has 0 saturated carbocycles. The zero-order valence-electron chi connectivity index (χ0n) is 10.8. The molecule has 3 rings (SSSR count). The average molecular weight is 292 g/mol. The van der Waals surface area contributed by atoms with Crippen LogP contribution in [0.3, 0.4) is 0 Å². The molecule has 0 unspecified atom stereocenters. The minimum absolute atomic E-state index is 0. The van der Waals surface area contributed by atoms with Crippen molar-refractivity contribution in [1.29, 1.82) is 0 Å². The molecule has 4 nitrogen and oxygen atoms in total. The minimum atomic E-state index is -0.853. The van der Waals surface area contributed by atoms with Crippen LogP contribution in [-0.4, -0.2) is 12.1 Å². The Morgan fingerprint density at radius 1 is 1.20 bits per heavy atom. The summed E-state index contributed by atoms with van der Waals surface area (Å²) in [6.07, 6.45) is 0. The standard InChI is InChI=1S/C14H14BNO3.ClH/c16-8-10-2-1-3-12(6-10)19-13-5-4-11-9-18-15(17)14(11)7-13;/h1-7,17H,8-9,16H2;1H. The summed E-state index contributed by atoms with van der Waals surface area (Å²) in [7, 11) is -0.853. The molecule has 0 saturated heterocycles. The Bertz CT molecular complexity index is 609. The second-order valence-corrected chi connectivity index (χ2v) is 4.48. The Morgan fingerprint density at radius 3 is 2.80 bits per heavy atom. The van der Waals surface area contributed by atoms with E-state index in [2.05, 4.69) is 0 Å². The Labute approximate surface area is 124 Å². The first-order valence-electron chi connectivity index (χ1n) is 6.15. The van der Waals surface area contributed by atoms with Crippen LogP contribution in [0.25, 0.3) is 0 Å². The van der Waals surface area contributed by atoms with Gasteiger partial charge in [0.25, 0.3) is 0 Å². The van der Waals surface area contributed by atoms with Crippen molar-refractivity contribution in [2.75, 3.05) is 0 Å². The fraction of sp³-hybridized carbons (Fsp3) is 0.143. The normalized spacial score (nSPS) is 12.8. The van der Waals surface area contributed by atoms with E-state index in [9.17, 15) is 5.02 Å². The highest BCUT2D eigenvalue weighted by Crippen LogP contribution is 2.23. The maximum Gasteiger partial charge on any atom is 0.491 e. The van der Waals surface area contributed by atoms with Gasteiger partial charge in [-0.2, -0.15) is 0 Å². The molecule has 2 aromatic rings. The van der Waals surface area contributed by atoms with Crippen molar-refractivity contribution in [2.24, 2.45) is 5.73 Å². The van der Waals surface area contributed by atoms with Crippen molar-refractivity contribution in [1.82, 2.24) is 0 Å². The van der Waals surface area contributed by atoms with Gasteiger partial charge in [0, 0.05) is 6.54 Å². The van der Waals surface area contributed by atoms with Crippen LogP contribution < -0.4 is 15.9 Å². The second-order valence-electron chi connectivity index (χ2n) is 4.48. The van der Waals surface area contributed by atoms with E-state index < -0.39 is 7.12 Å². The smallest absolute Gasteiger partial charge is 0.457 e. The Morgan fingerprint density at radius 2 is 2.00 bits per heavy atom. The maximum atomic E-state index is 9.66. The quantitative estimate of drug-likeness (QED) is 0.843. The lowest BCUT2D eigenvalue weighted by atomic mass is 9.79. The van der Waals surface area contributed by atoms with Crippen molar-refractivity contribution in [3.05, 3.63) is 53.6 Å². The topological polar surface area (TPSA) is 64.7 Å². The van der Waals surface area contributed by atoms with Gasteiger partial charge in [-0.05, 0) is 40.9 Å². The van der Waals surface area contributed by atoms with E-state index in [-0.39, 0.29) is 12.4 Å². The van der Waals surface area contributed by atoms with Gasteiger partial charge in [-0.25, -0.2) is 0 Å². The number of hydrogen-bond donors (Lipinski definition) is 2. The van der Waals surface area contributed by atoms with Crippen LogP contribution in [0.2, 0.25) is 0 Å². The van der Waals surface area contributed by atoms with Crippen LogP contribution in [0.1, 0.15) is 11.1 Å². The largest absolute Gasteiger partial charge is 0.491 e. The second kappa shape index (κ2) is 6.28. The number of ether oxygens (including phenoxy) is 1. The lowest BCUT2D eigenvalue weighted by molar-refractivity contribution is 0.275. The van der Waals surface area contributed by atoms with E-state index in [4.69, 9.17) is 15.1 Å². The van der Waals surface area contributed by atoms with E-state index >= 15 is 0 Å². The van der Waals surface area contributed by atoms with Crippen LogP contribution in [0, 0.1) is 0 Å². The highest BCUT2D eigenvalue weighted by Gasteiger charge is 2.27. The molecule has 0 bridgehead atoms. The molecule has 0 radical (unpaired) electrons. The van der Waals surface area contributed by atoms with Gasteiger partial charge < -0.3 is 20.1 Å². The first-order valence-corrected chi connectivity index (χ1v) is 6.15. The predicted octanol–water partition coefficient (Wildman–Crippen LogP) is 1.58. The summed E-state index contributed by atoms with van der Waals surface area (Å²) in [5, 5.41) is 9.66.